The van der Waals surface area contributed by atoms with Crippen molar-refractivity contribution in [2.45, 2.75) is 63.2 Å². The molecule has 0 heterocycles. The molecule has 148 valence electrons. The van der Waals surface area contributed by atoms with E-state index >= 15 is 0 Å². The Bertz CT molecular complexity index is 836. The third kappa shape index (κ3) is 8.13. The van der Waals surface area contributed by atoms with E-state index in [0.29, 0.717) is 17.7 Å². The van der Waals surface area contributed by atoms with Gasteiger partial charge >= 0.3 is 29.6 Å². The first-order chi connectivity index (χ1) is 12.9. The molecule has 0 unspecified atom stereocenters. The van der Waals surface area contributed by atoms with Crippen molar-refractivity contribution in [1.29, 1.82) is 0 Å². The molecule has 2 rings (SSSR count). The Morgan fingerprint density at radius 3 is 2.25 bits per heavy atom. The van der Waals surface area contributed by atoms with Crippen LogP contribution in [-0.4, -0.2) is 13.0 Å². The molecule has 0 amide bonds. The van der Waals surface area contributed by atoms with Crippen LogP contribution in [0.1, 0.15) is 57.4 Å². The summed E-state index contributed by atoms with van der Waals surface area (Å²) in [5.74, 6) is 0.313. The number of ether oxygens (including phenoxy) is 1. The zero-order valence-electron chi connectivity index (χ0n) is 16.7. The quantitative estimate of drug-likeness (QED) is 0.346. The van der Waals surface area contributed by atoms with Crippen molar-refractivity contribution in [2.75, 3.05) is 0 Å². The Labute approximate surface area is 190 Å². The predicted octanol–water partition coefficient (Wildman–Crippen LogP) is 2.10. The zero-order valence-corrected chi connectivity index (χ0v) is 19.5. The molecule has 1 N–H and O–H groups in total. The summed E-state index contributed by atoms with van der Waals surface area (Å²) >= 11 is 0. The van der Waals surface area contributed by atoms with Crippen LogP contribution in [0.4, 0.5) is 0 Å². The summed E-state index contributed by atoms with van der Waals surface area (Å²) in [6.45, 7) is 2.18. The van der Waals surface area contributed by atoms with Gasteiger partial charge in [0.25, 0.3) is 10.1 Å². The molecule has 0 aliphatic heterocycles. The summed E-state index contributed by atoms with van der Waals surface area (Å²) in [5, 5.41) is 11.8. The number of aryl methyl sites for hydroxylation is 1. The topological polar surface area (TPSA) is 86.7 Å². The number of hydrogen-bond donors (Lipinski definition) is 1. The van der Waals surface area contributed by atoms with Crippen LogP contribution in [0.25, 0.3) is 0 Å². The Morgan fingerprint density at radius 2 is 1.61 bits per heavy atom. The molecule has 28 heavy (non-hydrogen) atoms. The minimum absolute atomic E-state index is 0. The monoisotopic (exact) mass is 414 g/mol. The minimum atomic E-state index is -4.30. The molecule has 0 spiro atoms. The number of rotatable bonds is 11. The zero-order chi connectivity index (χ0) is 19.7. The Kier molecular flexibility index (Phi) is 11.2. The van der Waals surface area contributed by atoms with E-state index in [1.165, 1.54) is 43.9 Å². The molecule has 5 nitrogen and oxygen atoms in total. The number of benzene rings is 2. The van der Waals surface area contributed by atoms with E-state index in [4.69, 9.17) is 4.74 Å². The van der Waals surface area contributed by atoms with Crippen molar-refractivity contribution in [3.8, 4) is 17.2 Å². The Hall–Kier alpha value is -1.05. The van der Waals surface area contributed by atoms with Crippen molar-refractivity contribution in [3.05, 3.63) is 48.0 Å². The molecule has 2 aromatic carbocycles. The van der Waals surface area contributed by atoms with Gasteiger partial charge in [0.1, 0.15) is 11.5 Å². The molecule has 0 saturated heterocycles. The van der Waals surface area contributed by atoms with E-state index in [-0.39, 0.29) is 46.0 Å². The van der Waals surface area contributed by atoms with Gasteiger partial charge in [0, 0.05) is 0 Å². The maximum Gasteiger partial charge on any atom is 1.00 e. The van der Waals surface area contributed by atoms with Gasteiger partial charge in [0.05, 0.1) is 4.90 Å². The molecule has 0 aliphatic carbocycles. The molecule has 0 fully saturated rings. The molecule has 0 aromatic heterocycles. The summed E-state index contributed by atoms with van der Waals surface area (Å²) < 4.78 is 38.4. The molecule has 0 bridgehead atoms. The molecular formula is C21H27NaO5S. The molecule has 7 heteroatoms. The second kappa shape index (κ2) is 12.5. The average molecular weight is 414 g/mol. The van der Waals surface area contributed by atoms with Crippen molar-refractivity contribution < 1.29 is 52.4 Å². The Balaban J connectivity index is 0.00000392. The van der Waals surface area contributed by atoms with Gasteiger partial charge in [-0.2, -0.15) is 8.42 Å². The maximum absolute atomic E-state index is 11.8. The first kappa shape index (κ1) is 25.0. The van der Waals surface area contributed by atoms with E-state index in [2.05, 4.69) is 6.92 Å². The van der Waals surface area contributed by atoms with Gasteiger partial charge in [-0.15, -0.1) is 0 Å². The SMILES string of the molecule is CCCCCCCCCc1cc(Oc2ccccc2[O-])ccc1S(=O)(=O)O.[Na+]. The molecular weight excluding hydrogens is 387 g/mol. The van der Waals surface area contributed by atoms with Crippen molar-refractivity contribution in [1.82, 2.24) is 0 Å². The first-order valence-electron chi connectivity index (χ1n) is 9.46. The fourth-order valence-corrected chi connectivity index (χ4v) is 3.73. The molecule has 0 atom stereocenters. The van der Waals surface area contributed by atoms with E-state index in [9.17, 15) is 18.1 Å². The van der Waals surface area contributed by atoms with E-state index in [1.54, 1.807) is 24.3 Å². The number of para-hydroxylation sites is 2. The fraction of sp³-hybridized carbons (Fsp3) is 0.429. The van der Waals surface area contributed by atoms with Gasteiger partial charge in [0.2, 0.25) is 0 Å². The van der Waals surface area contributed by atoms with Crippen LogP contribution in [0.5, 0.6) is 17.2 Å². The van der Waals surface area contributed by atoms with Crippen LogP contribution in [0.2, 0.25) is 0 Å². The Morgan fingerprint density at radius 1 is 0.964 bits per heavy atom. The van der Waals surface area contributed by atoms with Crippen molar-refractivity contribution in [3.63, 3.8) is 0 Å². The van der Waals surface area contributed by atoms with Crippen molar-refractivity contribution in [2.24, 2.45) is 0 Å². The maximum atomic E-state index is 11.8. The standard InChI is InChI=1S/C21H28O5S.Na/c1-2-3-4-5-6-7-8-11-17-16-18(14-15-21(17)27(23,24)25)26-20-13-10-9-12-19(20)22;/h9-10,12-16,22H,2-8,11H2,1H3,(H,23,24,25);/q;+1/p-1. The van der Waals surface area contributed by atoms with Gasteiger partial charge in [-0.3, -0.25) is 4.55 Å². The van der Waals surface area contributed by atoms with Crippen LogP contribution in [-0.2, 0) is 16.5 Å². The molecule has 0 saturated carbocycles. The van der Waals surface area contributed by atoms with Crippen LogP contribution >= 0.6 is 0 Å². The van der Waals surface area contributed by atoms with Crippen LogP contribution < -0.4 is 39.4 Å². The minimum Gasteiger partial charge on any atom is -0.870 e. The normalized spacial score (nSPS) is 11.1. The molecule has 0 radical (unpaired) electrons. The van der Waals surface area contributed by atoms with E-state index < -0.39 is 10.1 Å². The van der Waals surface area contributed by atoms with Gasteiger partial charge in [-0.05, 0) is 42.7 Å². The fourth-order valence-electron chi connectivity index (χ4n) is 3.00. The number of unbranched alkanes of at least 4 members (excludes halogenated alkanes) is 6. The van der Waals surface area contributed by atoms with Crippen LogP contribution in [0.3, 0.4) is 0 Å². The van der Waals surface area contributed by atoms with Gasteiger partial charge in [-0.1, -0.05) is 69.4 Å². The molecule has 0 aliphatic rings. The second-order valence-corrected chi connectivity index (χ2v) is 8.05. The second-order valence-electron chi connectivity index (χ2n) is 6.66. The summed E-state index contributed by atoms with van der Waals surface area (Å²) in [5.41, 5.74) is 0.506. The third-order valence-corrected chi connectivity index (χ3v) is 5.39. The average Bonchev–Trinajstić information content (AvgIpc) is 2.62. The summed E-state index contributed by atoms with van der Waals surface area (Å²) in [6.07, 6.45) is 8.33. The number of hydrogen-bond acceptors (Lipinski definition) is 4. The summed E-state index contributed by atoms with van der Waals surface area (Å²) in [7, 11) is -4.30. The van der Waals surface area contributed by atoms with Gasteiger partial charge < -0.3 is 9.84 Å². The largest absolute Gasteiger partial charge is 1.00 e. The van der Waals surface area contributed by atoms with Crippen molar-refractivity contribution >= 4 is 10.1 Å². The predicted molar refractivity (Wildman–Crippen MR) is 104 cm³/mol. The summed E-state index contributed by atoms with van der Waals surface area (Å²) in [6, 6.07) is 10.7. The molecule has 2 aromatic rings. The van der Waals surface area contributed by atoms with E-state index in [0.717, 1.165) is 19.3 Å². The van der Waals surface area contributed by atoms with Crippen LogP contribution in [0.15, 0.2) is 47.4 Å². The third-order valence-electron chi connectivity index (χ3n) is 4.44. The van der Waals surface area contributed by atoms with Crippen LogP contribution in [0, 0.1) is 0 Å². The first-order valence-corrected chi connectivity index (χ1v) is 10.9. The summed E-state index contributed by atoms with van der Waals surface area (Å²) in [4.78, 5) is -0.101. The van der Waals surface area contributed by atoms with Gasteiger partial charge in [-0.25, -0.2) is 0 Å². The van der Waals surface area contributed by atoms with E-state index in [1.807, 2.05) is 0 Å². The smallest absolute Gasteiger partial charge is 0.870 e. The van der Waals surface area contributed by atoms with Gasteiger partial charge in [0.15, 0.2) is 0 Å².